The summed E-state index contributed by atoms with van der Waals surface area (Å²) in [6.07, 6.45) is 1.42. The average molecular weight is 226 g/mol. The number of nitrogens with zero attached hydrogens (tertiary/aromatic N) is 2. The maximum atomic E-state index is 11.9. The molecule has 0 aliphatic carbocycles. The fourth-order valence-electron chi connectivity index (χ4n) is 1.26. The number of carbonyl (C=O) groups excluding carboxylic acids is 1. The molecule has 0 fully saturated rings. The molecule has 1 amide bonds. The number of carbonyl (C=O) groups is 2. The van der Waals surface area contributed by atoms with Gasteiger partial charge in [-0.2, -0.15) is 0 Å². The zero-order chi connectivity index (χ0) is 12.3. The summed E-state index contributed by atoms with van der Waals surface area (Å²) in [7, 11) is 0. The van der Waals surface area contributed by atoms with Gasteiger partial charge in [-0.05, 0) is 20.8 Å². The first-order valence-electron chi connectivity index (χ1n) is 4.87. The number of aromatic nitrogens is 1. The van der Waals surface area contributed by atoms with Crippen molar-refractivity contribution in [2.45, 2.75) is 26.8 Å². The molecule has 0 bridgehead atoms. The zero-order valence-electron chi connectivity index (χ0n) is 9.43. The minimum Gasteiger partial charge on any atom is -0.480 e. The fourth-order valence-corrected chi connectivity index (χ4v) is 1.26. The van der Waals surface area contributed by atoms with Gasteiger partial charge >= 0.3 is 5.97 Å². The molecule has 6 nitrogen and oxygen atoms in total. The van der Waals surface area contributed by atoms with Crippen LogP contribution in [0.15, 0.2) is 10.7 Å². The van der Waals surface area contributed by atoms with Gasteiger partial charge in [-0.25, -0.2) is 0 Å². The standard InChI is InChI=1S/C10H14N2O4/c1-6(2)12(5-8(13)14)10(15)9-7(3)4-11-16-9/h4,6H,5H2,1-3H3,(H,13,14). The molecule has 1 aromatic heterocycles. The Balaban J connectivity index is 2.92. The van der Waals surface area contributed by atoms with Crippen LogP contribution in [0.4, 0.5) is 0 Å². The van der Waals surface area contributed by atoms with Gasteiger partial charge in [-0.15, -0.1) is 0 Å². The topological polar surface area (TPSA) is 83.6 Å². The molecule has 0 saturated heterocycles. The van der Waals surface area contributed by atoms with Gasteiger partial charge < -0.3 is 14.5 Å². The number of aliphatic carboxylic acids is 1. The van der Waals surface area contributed by atoms with Gasteiger partial charge in [-0.1, -0.05) is 5.16 Å². The number of carboxylic acids is 1. The van der Waals surface area contributed by atoms with Crippen molar-refractivity contribution in [2.24, 2.45) is 0 Å². The summed E-state index contributed by atoms with van der Waals surface area (Å²) >= 11 is 0. The van der Waals surface area contributed by atoms with Crippen LogP contribution in [0, 0.1) is 6.92 Å². The van der Waals surface area contributed by atoms with Gasteiger partial charge in [0, 0.05) is 11.6 Å². The van der Waals surface area contributed by atoms with Crippen LogP contribution in [-0.2, 0) is 4.79 Å². The first kappa shape index (κ1) is 12.2. The molecular formula is C10H14N2O4. The third kappa shape index (κ3) is 2.59. The molecule has 6 heteroatoms. The SMILES string of the molecule is Cc1cnoc1C(=O)N(CC(=O)O)C(C)C. The average Bonchev–Trinajstić information content (AvgIpc) is 2.59. The molecule has 1 aromatic rings. The minimum absolute atomic E-state index is 0.0925. The predicted molar refractivity (Wildman–Crippen MR) is 55.0 cm³/mol. The highest BCUT2D eigenvalue weighted by atomic mass is 16.5. The Morgan fingerprint density at radius 1 is 1.56 bits per heavy atom. The number of amides is 1. The summed E-state index contributed by atoms with van der Waals surface area (Å²) < 4.78 is 4.80. The Morgan fingerprint density at radius 2 is 2.19 bits per heavy atom. The molecule has 0 spiro atoms. The first-order chi connectivity index (χ1) is 7.43. The van der Waals surface area contributed by atoms with Gasteiger partial charge in [0.05, 0.1) is 6.20 Å². The second-order valence-electron chi connectivity index (χ2n) is 3.76. The quantitative estimate of drug-likeness (QED) is 0.825. The monoisotopic (exact) mass is 226 g/mol. The molecule has 1 N–H and O–H groups in total. The van der Waals surface area contributed by atoms with E-state index in [0.717, 1.165) is 0 Å². The largest absolute Gasteiger partial charge is 0.480 e. The summed E-state index contributed by atoms with van der Waals surface area (Å²) in [5.41, 5.74) is 0.598. The van der Waals surface area contributed by atoms with Crippen molar-refractivity contribution >= 4 is 11.9 Å². The molecule has 0 saturated carbocycles. The highest BCUT2D eigenvalue weighted by Crippen LogP contribution is 2.12. The maximum Gasteiger partial charge on any atom is 0.323 e. The molecule has 0 aromatic carbocycles. The predicted octanol–water partition coefficient (Wildman–Crippen LogP) is 0.918. The van der Waals surface area contributed by atoms with Crippen LogP contribution in [0.25, 0.3) is 0 Å². The molecule has 1 rings (SSSR count). The molecule has 88 valence electrons. The molecule has 0 radical (unpaired) electrons. The normalized spacial score (nSPS) is 10.5. The smallest absolute Gasteiger partial charge is 0.323 e. The van der Waals surface area contributed by atoms with Crippen LogP contribution in [0.5, 0.6) is 0 Å². The second-order valence-corrected chi connectivity index (χ2v) is 3.76. The zero-order valence-corrected chi connectivity index (χ0v) is 9.43. The first-order valence-corrected chi connectivity index (χ1v) is 4.87. The van der Waals surface area contributed by atoms with Crippen molar-refractivity contribution in [3.63, 3.8) is 0 Å². The van der Waals surface area contributed by atoms with Crippen LogP contribution in [0.3, 0.4) is 0 Å². The molecule has 0 atom stereocenters. The van der Waals surface area contributed by atoms with E-state index >= 15 is 0 Å². The van der Waals surface area contributed by atoms with Gasteiger partial charge in [0.25, 0.3) is 5.91 Å². The Morgan fingerprint density at radius 3 is 2.56 bits per heavy atom. The summed E-state index contributed by atoms with van der Waals surface area (Å²) in [4.78, 5) is 23.8. The molecule has 0 unspecified atom stereocenters. The Labute approximate surface area is 92.8 Å². The number of rotatable bonds is 4. The van der Waals surface area contributed by atoms with Crippen LogP contribution in [0.1, 0.15) is 30.0 Å². The summed E-state index contributed by atoms with van der Waals surface area (Å²) in [5, 5.41) is 12.2. The van der Waals surface area contributed by atoms with E-state index in [1.165, 1.54) is 11.1 Å². The van der Waals surface area contributed by atoms with E-state index in [4.69, 9.17) is 9.63 Å². The summed E-state index contributed by atoms with van der Waals surface area (Å²) in [6, 6.07) is -0.215. The molecular weight excluding hydrogens is 212 g/mol. The van der Waals surface area contributed by atoms with Crippen molar-refractivity contribution in [1.29, 1.82) is 0 Å². The number of hydrogen-bond acceptors (Lipinski definition) is 4. The van der Waals surface area contributed by atoms with E-state index in [0.29, 0.717) is 5.56 Å². The molecule has 1 heterocycles. The van der Waals surface area contributed by atoms with E-state index in [-0.39, 0.29) is 18.3 Å². The van der Waals surface area contributed by atoms with Gasteiger partial charge in [0.15, 0.2) is 0 Å². The van der Waals surface area contributed by atoms with E-state index in [1.54, 1.807) is 20.8 Å². The molecule has 16 heavy (non-hydrogen) atoms. The highest BCUT2D eigenvalue weighted by Gasteiger charge is 2.25. The van der Waals surface area contributed by atoms with Gasteiger partial charge in [0.1, 0.15) is 6.54 Å². The van der Waals surface area contributed by atoms with Crippen molar-refractivity contribution in [1.82, 2.24) is 10.1 Å². The third-order valence-corrected chi connectivity index (χ3v) is 2.13. The lowest BCUT2D eigenvalue weighted by molar-refractivity contribution is -0.138. The fraction of sp³-hybridized carbons (Fsp3) is 0.500. The van der Waals surface area contributed by atoms with Gasteiger partial charge in [0.2, 0.25) is 5.76 Å². The Kier molecular flexibility index (Phi) is 3.65. The van der Waals surface area contributed by atoms with Crippen molar-refractivity contribution in [3.8, 4) is 0 Å². The Bertz CT molecular complexity index is 397. The van der Waals surface area contributed by atoms with Crippen molar-refractivity contribution in [2.75, 3.05) is 6.54 Å². The summed E-state index contributed by atoms with van der Waals surface area (Å²) in [6.45, 7) is 4.82. The highest BCUT2D eigenvalue weighted by molar-refractivity contribution is 5.94. The van der Waals surface area contributed by atoms with E-state index in [9.17, 15) is 9.59 Å². The lowest BCUT2D eigenvalue weighted by Crippen LogP contribution is -2.40. The summed E-state index contributed by atoms with van der Waals surface area (Å²) in [5.74, 6) is -1.42. The number of hydrogen-bond donors (Lipinski definition) is 1. The van der Waals surface area contributed by atoms with E-state index < -0.39 is 11.9 Å². The van der Waals surface area contributed by atoms with Gasteiger partial charge in [-0.3, -0.25) is 9.59 Å². The number of carboxylic acid groups (broad SMARTS) is 1. The van der Waals surface area contributed by atoms with E-state index in [1.807, 2.05) is 0 Å². The molecule has 0 aliphatic heterocycles. The Hall–Kier alpha value is -1.85. The van der Waals surface area contributed by atoms with E-state index in [2.05, 4.69) is 5.16 Å². The lowest BCUT2D eigenvalue weighted by atomic mass is 10.2. The van der Waals surface area contributed by atoms with Crippen molar-refractivity contribution in [3.05, 3.63) is 17.5 Å². The van der Waals surface area contributed by atoms with Crippen LogP contribution in [0.2, 0.25) is 0 Å². The second kappa shape index (κ2) is 4.78. The van der Waals surface area contributed by atoms with Crippen LogP contribution >= 0.6 is 0 Å². The number of aryl methyl sites for hydroxylation is 1. The van der Waals surface area contributed by atoms with Crippen LogP contribution < -0.4 is 0 Å². The van der Waals surface area contributed by atoms with Crippen LogP contribution in [-0.4, -0.2) is 39.6 Å². The third-order valence-electron chi connectivity index (χ3n) is 2.13. The lowest BCUT2D eigenvalue weighted by Gasteiger charge is -2.23. The minimum atomic E-state index is -1.06. The maximum absolute atomic E-state index is 11.9. The van der Waals surface area contributed by atoms with Crippen molar-refractivity contribution < 1.29 is 19.2 Å². The molecule has 0 aliphatic rings.